The molecule has 1 unspecified atom stereocenters. The number of benzene rings is 2. The minimum absolute atomic E-state index is 0.117. The number of Topliss-reactive ketones (excluding diaryl/α,β-unsaturated/α-hetero) is 1. The third-order valence-electron chi connectivity index (χ3n) is 2.71. The van der Waals surface area contributed by atoms with E-state index >= 15 is 0 Å². The van der Waals surface area contributed by atoms with Crippen molar-refractivity contribution in [2.45, 2.75) is 26.4 Å². The maximum absolute atomic E-state index is 11.0. The molecule has 0 saturated heterocycles. The molecule has 0 aliphatic rings. The predicted molar refractivity (Wildman–Crippen MR) is 78.3 cm³/mol. The third-order valence-corrected chi connectivity index (χ3v) is 2.71. The maximum atomic E-state index is 11.0. The van der Waals surface area contributed by atoms with Crippen LogP contribution in [0.25, 0.3) is 0 Å². The SMILES string of the molecule is CC(=O)CC(C)Oc1ccc(Oc2ccccc2)cc1. The number of para-hydroxylation sites is 1. The number of ketones is 1. The fourth-order valence-corrected chi connectivity index (χ4v) is 1.89. The monoisotopic (exact) mass is 270 g/mol. The fraction of sp³-hybridized carbons (Fsp3) is 0.235. The van der Waals surface area contributed by atoms with Gasteiger partial charge in [0.1, 0.15) is 29.1 Å². The first kappa shape index (κ1) is 14.1. The fourth-order valence-electron chi connectivity index (χ4n) is 1.89. The standard InChI is InChI=1S/C17H18O3/c1-13(18)12-14(2)19-16-8-10-17(11-9-16)20-15-6-4-3-5-7-15/h3-11,14H,12H2,1-2H3. The minimum Gasteiger partial charge on any atom is -0.490 e. The van der Waals surface area contributed by atoms with Crippen molar-refractivity contribution in [3.05, 3.63) is 54.6 Å². The summed E-state index contributed by atoms with van der Waals surface area (Å²) >= 11 is 0. The molecule has 0 spiro atoms. The van der Waals surface area contributed by atoms with Gasteiger partial charge in [0.05, 0.1) is 0 Å². The van der Waals surface area contributed by atoms with Crippen molar-refractivity contribution in [1.82, 2.24) is 0 Å². The van der Waals surface area contributed by atoms with Gasteiger partial charge in [0.25, 0.3) is 0 Å². The molecule has 3 heteroatoms. The normalized spacial score (nSPS) is 11.7. The Labute approximate surface area is 119 Å². The van der Waals surface area contributed by atoms with E-state index in [1.807, 2.05) is 61.5 Å². The average Bonchev–Trinajstić information content (AvgIpc) is 2.41. The van der Waals surface area contributed by atoms with Crippen molar-refractivity contribution in [1.29, 1.82) is 0 Å². The molecule has 2 aromatic carbocycles. The Morgan fingerprint density at radius 1 is 0.950 bits per heavy atom. The number of rotatable bonds is 6. The largest absolute Gasteiger partial charge is 0.490 e. The number of hydrogen-bond donors (Lipinski definition) is 0. The van der Waals surface area contributed by atoms with Crippen molar-refractivity contribution in [3.63, 3.8) is 0 Å². The van der Waals surface area contributed by atoms with E-state index in [4.69, 9.17) is 9.47 Å². The zero-order chi connectivity index (χ0) is 14.4. The molecular formula is C17H18O3. The summed E-state index contributed by atoms with van der Waals surface area (Å²) in [7, 11) is 0. The summed E-state index contributed by atoms with van der Waals surface area (Å²) < 4.78 is 11.3. The molecule has 0 saturated carbocycles. The summed E-state index contributed by atoms with van der Waals surface area (Å²) in [5, 5.41) is 0. The summed E-state index contributed by atoms with van der Waals surface area (Å²) in [6.07, 6.45) is 0.302. The van der Waals surface area contributed by atoms with Gasteiger partial charge in [-0.25, -0.2) is 0 Å². The van der Waals surface area contributed by atoms with Crippen LogP contribution in [0.4, 0.5) is 0 Å². The van der Waals surface area contributed by atoms with Gasteiger partial charge in [0.15, 0.2) is 0 Å². The second-order valence-electron chi connectivity index (χ2n) is 4.72. The minimum atomic E-state index is -0.117. The quantitative estimate of drug-likeness (QED) is 0.788. The summed E-state index contributed by atoms with van der Waals surface area (Å²) in [5.41, 5.74) is 0. The van der Waals surface area contributed by atoms with E-state index in [1.165, 1.54) is 0 Å². The Morgan fingerprint density at radius 2 is 1.50 bits per heavy atom. The van der Waals surface area contributed by atoms with Crippen LogP contribution in [0.3, 0.4) is 0 Å². The number of hydrogen-bond acceptors (Lipinski definition) is 3. The summed E-state index contributed by atoms with van der Waals surface area (Å²) in [4.78, 5) is 11.0. The molecule has 0 bridgehead atoms. The summed E-state index contributed by atoms with van der Waals surface area (Å²) in [6, 6.07) is 17.0. The molecule has 0 aliphatic carbocycles. The highest BCUT2D eigenvalue weighted by Gasteiger charge is 2.07. The predicted octanol–water partition coefficient (Wildman–Crippen LogP) is 4.23. The molecule has 2 rings (SSSR count). The van der Waals surface area contributed by atoms with E-state index in [0.717, 1.165) is 17.2 Å². The first-order valence-electron chi connectivity index (χ1n) is 6.62. The second-order valence-corrected chi connectivity index (χ2v) is 4.72. The summed E-state index contributed by atoms with van der Waals surface area (Å²) in [6.45, 7) is 3.45. The highest BCUT2D eigenvalue weighted by molar-refractivity contribution is 5.75. The van der Waals surface area contributed by atoms with Crippen molar-refractivity contribution in [3.8, 4) is 17.2 Å². The van der Waals surface area contributed by atoms with Crippen LogP contribution in [0.15, 0.2) is 54.6 Å². The maximum Gasteiger partial charge on any atom is 0.133 e. The van der Waals surface area contributed by atoms with E-state index in [1.54, 1.807) is 6.92 Å². The molecule has 0 heterocycles. The summed E-state index contributed by atoms with van der Waals surface area (Å²) in [5.74, 6) is 2.41. The van der Waals surface area contributed by atoms with Gasteiger partial charge in [-0.15, -0.1) is 0 Å². The average molecular weight is 270 g/mol. The Kier molecular flexibility index (Phi) is 4.77. The van der Waals surface area contributed by atoms with Crippen LogP contribution < -0.4 is 9.47 Å². The van der Waals surface area contributed by atoms with Crippen LogP contribution in [-0.2, 0) is 4.79 Å². The molecule has 0 N–H and O–H groups in total. The molecular weight excluding hydrogens is 252 g/mol. The number of ether oxygens (including phenoxy) is 2. The molecule has 0 fully saturated rings. The van der Waals surface area contributed by atoms with Crippen LogP contribution in [0.5, 0.6) is 17.2 Å². The van der Waals surface area contributed by atoms with Crippen molar-refractivity contribution in [2.24, 2.45) is 0 Å². The van der Waals surface area contributed by atoms with Gasteiger partial charge in [-0.05, 0) is 50.2 Å². The second kappa shape index (κ2) is 6.75. The van der Waals surface area contributed by atoms with E-state index in [-0.39, 0.29) is 11.9 Å². The van der Waals surface area contributed by atoms with Gasteiger partial charge in [-0.3, -0.25) is 4.79 Å². The van der Waals surface area contributed by atoms with Gasteiger partial charge >= 0.3 is 0 Å². The van der Waals surface area contributed by atoms with Gasteiger partial charge in [0, 0.05) is 6.42 Å². The number of carbonyl (C=O) groups excluding carboxylic acids is 1. The Hall–Kier alpha value is -2.29. The smallest absolute Gasteiger partial charge is 0.133 e. The first-order chi connectivity index (χ1) is 9.63. The van der Waals surface area contributed by atoms with Gasteiger partial charge in [-0.2, -0.15) is 0 Å². The van der Waals surface area contributed by atoms with Crippen LogP contribution in [0, 0.1) is 0 Å². The Balaban J connectivity index is 1.94. The van der Waals surface area contributed by atoms with Crippen LogP contribution >= 0.6 is 0 Å². The molecule has 2 aromatic rings. The van der Waals surface area contributed by atoms with E-state index < -0.39 is 0 Å². The zero-order valence-electron chi connectivity index (χ0n) is 11.7. The molecule has 104 valence electrons. The highest BCUT2D eigenvalue weighted by atomic mass is 16.5. The van der Waals surface area contributed by atoms with Crippen LogP contribution in [-0.4, -0.2) is 11.9 Å². The van der Waals surface area contributed by atoms with E-state index in [9.17, 15) is 4.79 Å². The molecule has 0 amide bonds. The van der Waals surface area contributed by atoms with Gasteiger partial charge in [-0.1, -0.05) is 18.2 Å². The lowest BCUT2D eigenvalue weighted by atomic mass is 10.2. The van der Waals surface area contributed by atoms with Crippen molar-refractivity contribution >= 4 is 5.78 Å². The van der Waals surface area contributed by atoms with Gasteiger partial charge in [0.2, 0.25) is 0 Å². The molecule has 1 atom stereocenters. The lowest BCUT2D eigenvalue weighted by Gasteiger charge is -2.13. The Morgan fingerprint density at radius 3 is 2.10 bits per heavy atom. The molecule has 0 radical (unpaired) electrons. The number of carbonyl (C=O) groups is 1. The lowest BCUT2D eigenvalue weighted by Crippen LogP contribution is -2.15. The van der Waals surface area contributed by atoms with E-state index in [2.05, 4.69) is 0 Å². The topological polar surface area (TPSA) is 35.5 Å². The molecule has 0 aromatic heterocycles. The van der Waals surface area contributed by atoms with Crippen molar-refractivity contribution < 1.29 is 14.3 Å². The molecule has 0 aliphatic heterocycles. The van der Waals surface area contributed by atoms with Crippen LogP contribution in [0.2, 0.25) is 0 Å². The Bertz CT molecular complexity index is 546. The van der Waals surface area contributed by atoms with Crippen molar-refractivity contribution in [2.75, 3.05) is 0 Å². The highest BCUT2D eigenvalue weighted by Crippen LogP contribution is 2.24. The lowest BCUT2D eigenvalue weighted by molar-refractivity contribution is -0.118. The zero-order valence-corrected chi connectivity index (χ0v) is 11.7. The first-order valence-corrected chi connectivity index (χ1v) is 6.62. The van der Waals surface area contributed by atoms with Crippen LogP contribution in [0.1, 0.15) is 20.3 Å². The van der Waals surface area contributed by atoms with Gasteiger partial charge < -0.3 is 9.47 Å². The third kappa shape index (κ3) is 4.43. The van der Waals surface area contributed by atoms with E-state index in [0.29, 0.717) is 6.42 Å². The molecule has 20 heavy (non-hydrogen) atoms. The molecule has 3 nitrogen and oxygen atoms in total.